The van der Waals surface area contributed by atoms with Crippen molar-refractivity contribution in [3.05, 3.63) is 29.8 Å². The van der Waals surface area contributed by atoms with Crippen molar-refractivity contribution in [2.75, 3.05) is 11.9 Å². The average Bonchev–Trinajstić information content (AvgIpc) is 2.64. The number of rotatable bonds is 7. The number of benzene rings is 1. The van der Waals surface area contributed by atoms with Crippen molar-refractivity contribution in [3.63, 3.8) is 0 Å². The normalized spacial score (nSPS) is 20.1. The van der Waals surface area contributed by atoms with Crippen LogP contribution in [0.2, 0.25) is 0 Å². The fourth-order valence-electron chi connectivity index (χ4n) is 3.37. The number of halogens is 3. The first-order valence-corrected chi connectivity index (χ1v) is 9.57. The summed E-state index contributed by atoms with van der Waals surface area (Å²) >= 11 is 0. The molecule has 0 bridgehead atoms. The van der Waals surface area contributed by atoms with Crippen LogP contribution in [0.15, 0.2) is 24.3 Å². The van der Waals surface area contributed by atoms with Gasteiger partial charge in [-0.05, 0) is 50.3 Å². The van der Waals surface area contributed by atoms with Crippen LogP contribution in [0.4, 0.5) is 18.9 Å². The van der Waals surface area contributed by atoms with E-state index in [0.717, 1.165) is 31.4 Å². The molecule has 1 aliphatic rings. The minimum Gasteiger partial charge on any atom is -0.356 e. The van der Waals surface area contributed by atoms with Gasteiger partial charge in [0.2, 0.25) is 11.8 Å². The van der Waals surface area contributed by atoms with Gasteiger partial charge >= 0.3 is 6.18 Å². The molecule has 1 fully saturated rings. The summed E-state index contributed by atoms with van der Waals surface area (Å²) in [6.45, 7) is 2.79. The second-order valence-corrected chi connectivity index (χ2v) is 7.11. The lowest BCUT2D eigenvalue weighted by molar-refractivity contribution is -0.137. The maximum Gasteiger partial charge on any atom is 0.416 e. The molecule has 2 amide bonds. The third-order valence-electron chi connectivity index (χ3n) is 5.01. The standard InChI is InChI=1S/C20H27F3N2O2/c1-2-3-4-12-24-18(26)14-8-10-15(11-9-14)19(27)25-17-7-5-6-16(13-17)20(21,22)23/h5-7,13-15H,2-4,8-12H2,1H3,(H,24,26)(H,25,27). The fraction of sp³-hybridized carbons (Fsp3) is 0.600. The van der Waals surface area contributed by atoms with Crippen LogP contribution in [0.5, 0.6) is 0 Å². The van der Waals surface area contributed by atoms with Crippen LogP contribution in [0.25, 0.3) is 0 Å². The highest BCUT2D eigenvalue weighted by Gasteiger charge is 2.32. The van der Waals surface area contributed by atoms with Gasteiger partial charge in [-0.25, -0.2) is 0 Å². The number of hydrogen-bond acceptors (Lipinski definition) is 2. The molecular weight excluding hydrogens is 357 g/mol. The van der Waals surface area contributed by atoms with E-state index >= 15 is 0 Å². The minimum atomic E-state index is -4.44. The van der Waals surface area contributed by atoms with Crippen molar-refractivity contribution >= 4 is 17.5 Å². The zero-order chi connectivity index (χ0) is 19.9. The highest BCUT2D eigenvalue weighted by molar-refractivity contribution is 5.92. The average molecular weight is 384 g/mol. The maximum absolute atomic E-state index is 12.8. The number of nitrogens with one attached hydrogen (secondary N) is 2. The summed E-state index contributed by atoms with van der Waals surface area (Å²) in [5.74, 6) is -0.591. The summed E-state index contributed by atoms with van der Waals surface area (Å²) in [7, 11) is 0. The van der Waals surface area contributed by atoms with Crippen molar-refractivity contribution in [1.29, 1.82) is 0 Å². The number of unbranched alkanes of at least 4 members (excludes halogenated alkanes) is 2. The van der Waals surface area contributed by atoms with Gasteiger partial charge in [-0.2, -0.15) is 13.2 Å². The van der Waals surface area contributed by atoms with Crippen molar-refractivity contribution in [2.45, 2.75) is 58.0 Å². The zero-order valence-electron chi connectivity index (χ0n) is 15.6. The van der Waals surface area contributed by atoms with E-state index in [0.29, 0.717) is 32.2 Å². The van der Waals surface area contributed by atoms with E-state index in [1.807, 2.05) is 0 Å². The van der Waals surface area contributed by atoms with Gasteiger partial charge in [0.15, 0.2) is 0 Å². The van der Waals surface area contributed by atoms with E-state index in [1.54, 1.807) is 0 Å². The van der Waals surface area contributed by atoms with Gasteiger partial charge in [0.1, 0.15) is 0 Å². The SMILES string of the molecule is CCCCCNC(=O)C1CCC(C(=O)Nc2cccc(C(F)(F)F)c2)CC1. The summed E-state index contributed by atoms with van der Waals surface area (Å²) in [6, 6.07) is 4.63. The number of anilines is 1. The molecule has 0 unspecified atom stereocenters. The Morgan fingerprint density at radius 3 is 2.26 bits per heavy atom. The quantitative estimate of drug-likeness (QED) is 0.666. The molecule has 0 aliphatic heterocycles. The number of hydrogen-bond donors (Lipinski definition) is 2. The summed E-state index contributed by atoms with van der Waals surface area (Å²) in [5, 5.41) is 5.52. The predicted molar refractivity (Wildman–Crippen MR) is 98.1 cm³/mol. The van der Waals surface area contributed by atoms with Gasteiger partial charge in [-0.1, -0.05) is 25.8 Å². The number of alkyl halides is 3. The zero-order valence-corrected chi connectivity index (χ0v) is 15.6. The van der Waals surface area contributed by atoms with Crippen molar-refractivity contribution < 1.29 is 22.8 Å². The maximum atomic E-state index is 12.8. The molecule has 150 valence electrons. The first-order chi connectivity index (χ1) is 12.8. The van der Waals surface area contributed by atoms with Crippen LogP contribution < -0.4 is 10.6 Å². The highest BCUT2D eigenvalue weighted by atomic mass is 19.4. The molecule has 0 atom stereocenters. The summed E-state index contributed by atoms with van der Waals surface area (Å²) in [6.07, 6.45) is 1.10. The molecule has 0 saturated heterocycles. The first-order valence-electron chi connectivity index (χ1n) is 9.57. The summed E-state index contributed by atoms with van der Waals surface area (Å²) < 4.78 is 38.3. The Hall–Kier alpha value is -2.05. The van der Waals surface area contributed by atoms with Crippen LogP contribution in [0, 0.1) is 11.8 Å². The first kappa shape index (κ1) is 21.3. The molecule has 2 rings (SSSR count). The Kier molecular flexibility index (Phi) is 7.68. The van der Waals surface area contributed by atoms with Crippen LogP contribution >= 0.6 is 0 Å². The molecule has 1 aliphatic carbocycles. The van der Waals surface area contributed by atoms with Crippen LogP contribution in [-0.2, 0) is 15.8 Å². The Bertz CT molecular complexity index is 638. The lowest BCUT2D eigenvalue weighted by atomic mass is 9.81. The number of carbonyl (C=O) groups excluding carboxylic acids is 2. The molecule has 0 aromatic heterocycles. The van der Waals surface area contributed by atoms with Gasteiger partial charge in [0, 0.05) is 24.1 Å². The van der Waals surface area contributed by atoms with E-state index in [-0.39, 0.29) is 29.3 Å². The largest absolute Gasteiger partial charge is 0.416 e. The molecular formula is C20H27F3N2O2. The predicted octanol–water partition coefficient (Wildman–Crippen LogP) is 4.76. The Morgan fingerprint density at radius 1 is 1.04 bits per heavy atom. The lowest BCUT2D eigenvalue weighted by Gasteiger charge is -2.27. The van der Waals surface area contributed by atoms with Gasteiger partial charge in [-0.15, -0.1) is 0 Å². The second-order valence-electron chi connectivity index (χ2n) is 7.11. The molecule has 7 heteroatoms. The van der Waals surface area contributed by atoms with E-state index in [4.69, 9.17) is 0 Å². The number of carbonyl (C=O) groups is 2. The number of amides is 2. The van der Waals surface area contributed by atoms with Gasteiger partial charge in [-0.3, -0.25) is 9.59 Å². The smallest absolute Gasteiger partial charge is 0.356 e. The van der Waals surface area contributed by atoms with E-state index < -0.39 is 11.7 Å². The Balaban J connectivity index is 1.80. The van der Waals surface area contributed by atoms with E-state index in [2.05, 4.69) is 17.6 Å². The molecule has 4 nitrogen and oxygen atoms in total. The molecule has 0 radical (unpaired) electrons. The van der Waals surface area contributed by atoms with E-state index in [9.17, 15) is 22.8 Å². The third-order valence-corrected chi connectivity index (χ3v) is 5.01. The van der Waals surface area contributed by atoms with Gasteiger partial charge in [0.25, 0.3) is 0 Å². The summed E-state index contributed by atoms with van der Waals surface area (Å²) in [4.78, 5) is 24.5. The monoisotopic (exact) mass is 384 g/mol. The minimum absolute atomic E-state index is 0.0443. The molecule has 2 N–H and O–H groups in total. The van der Waals surface area contributed by atoms with Crippen LogP contribution in [-0.4, -0.2) is 18.4 Å². The molecule has 1 aromatic carbocycles. The van der Waals surface area contributed by atoms with Crippen LogP contribution in [0.1, 0.15) is 57.4 Å². The second kappa shape index (κ2) is 9.76. The molecule has 27 heavy (non-hydrogen) atoms. The molecule has 1 aromatic rings. The van der Waals surface area contributed by atoms with Crippen molar-refractivity contribution in [2.24, 2.45) is 11.8 Å². The lowest BCUT2D eigenvalue weighted by Crippen LogP contribution is -2.35. The fourth-order valence-corrected chi connectivity index (χ4v) is 3.37. The van der Waals surface area contributed by atoms with Crippen molar-refractivity contribution in [1.82, 2.24) is 5.32 Å². The molecule has 1 saturated carbocycles. The molecule has 0 heterocycles. The van der Waals surface area contributed by atoms with Crippen LogP contribution in [0.3, 0.4) is 0 Å². The highest BCUT2D eigenvalue weighted by Crippen LogP contribution is 2.32. The Labute approximate surface area is 157 Å². The van der Waals surface area contributed by atoms with Gasteiger partial charge < -0.3 is 10.6 Å². The van der Waals surface area contributed by atoms with E-state index in [1.165, 1.54) is 12.1 Å². The summed E-state index contributed by atoms with van der Waals surface area (Å²) in [5.41, 5.74) is -0.644. The Morgan fingerprint density at radius 2 is 1.67 bits per heavy atom. The third kappa shape index (κ3) is 6.56. The topological polar surface area (TPSA) is 58.2 Å². The molecule has 0 spiro atoms. The van der Waals surface area contributed by atoms with Gasteiger partial charge in [0.05, 0.1) is 5.56 Å². The van der Waals surface area contributed by atoms with Crippen molar-refractivity contribution in [3.8, 4) is 0 Å².